The Balaban J connectivity index is 1.85. The Kier molecular flexibility index (Phi) is 7.75. The van der Waals surface area contributed by atoms with Crippen LogP contribution in [0.2, 0.25) is 0 Å². The summed E-state index contributed by atoms with van der Waals surface area (Å²) in [6.45, 7) is 0. The van der Waals surface area contributed by atoms with Crippen LogP contribution in [-0.2, 0) is 4.79 Å². The maximum atomic E-state index is 14.1. The third-order valence-electron chi connectivity index (χ3n) is 6.04. The molecule has 1 atom stereocenters. The third kappa shape index (κ3) is 5.00. The van der Waals surface area contributed by atoms with E-state index in [1.165, 1.54) is 30.5 Å². The number of carbonyl (C=O) groups is 3. The highest BCUT2D eigenvalue weighted by molar-refractivity contribution is 7.10. The first-order valence-electron chi connectivity index (χ1n) is 11.3. The van der Waals surface area contributed by atoms with E-state index in [9.17, 15) is 14.4 Å². The molecule has 1 aliphatic carbocycles. The molecule has 1 saturated carbocycles. The van der Waals surface area contributed by atoms with Gasteiger partial charge in [0, 0.05) is 22.7 Å². The van der Waals surface area contributed by atoms with Gasteiger partial charge < -0.3 is 26.3 Å². The number of rotatable bonds is 9. The van der Waals surface area contributed by atoms with Crippen molar-refractivity contribution >= 4 is 52.0 Å². The molecular weight excluding hydrogens is 502 g/mol. The van der Waals surface area contributed by atoms with Gasteiger partial charge in [-0.1, -0.05) is 18.9 Å². The molecule has 36 heavy (non-hydrogen) atoms. The number of hydrogen-bond donors (Lipinski definition) is 3. The number of ether oxygens (including phenoxy) is 2. The second-order valence-corrected chi connectivity index (χ2v) is 10.0. The molecule has 3 aromatic rings. The van der Waals surface area contributed by atoms with E-state index in [2.05, 4.69) is 9.69 Å². The number of thiophene rings is 1. The number of aromatic nitrogens is 1. The SMILES string of the molecule is COc1ccc(N(C(=O)c2snc(C(N)=O)c2N)[C@@H](C(=O)NC2CCCC2)c2cccs2)cc1OC. The maximum Gasteiger partial charge on any atom is 0.273 e. The van der Waals surface area contributed by atoms with Crippen molar-refractivity contribution in [2.24, 2.45) is 5.73 Å². The van der Waals surface area contributed by atoms with Crippen molar-refractivity contribution in [2.75, 3.05) is 24.9 Å². The number of amides is 3. The van der Waals surface area contributed by atoms with Crippen LogP contribution >= 0.6 is 22.9 Å². The number of benzene rings is 1. The van der Waals surface area contributed by atoms with Gasteiger partial charge in [-0.25, -0.2) is 0 Å². The second kappa shape index (κ2) is 11.0. The minimum atomic E-state index is -1.00. The number of carbonyl (C=O) groups excluding carboxylic acids is 3. The highest BCUT2D eigenvalue weighted by Gasteiger charge is 2.38. The number of nitrogen functional groups attached to an aromatic ring is 1. The standard InChI is InChI=1S/C24H27N5O5S2/c1-33-15-10-9-14(12-16(15)34-2)29(24(32)21-18(25)19(22(26)30)28-36-21)20(17-8-5-11-35-17)23(31)27-13-6-3-4-7-13/h5,8-13,20H,3-4,6-7,25H2,1-2H3,(H2,26,30)(H,27,31)/t20-/m1/s1. The summed E-state index contributed by atoms with van der Waals surface area (Å²) in [6.07, 6.45) is 3.86. The van der Waals surface area contributed by atoms with Gasteiger partial charge in [-0.15, -0.1) is 11.3 Å². The van der Waals surface area contributed by atoms with E-state index in [1.807, 2.05) is 11.4 Å². The molecule has 12 heteroatoms. The number of nitrogens with zero attached hydrogens (tertiary/aromatic N) is 2. The van der Waals surface area contributed by atoms with Crippen molar-refractivity contribution in [3.05, 3.63) is 51.2 Å². The smallest absolute Gasteiger partial charge is 0.273 e. The number of hydrogen-bond acceptors (Lipinski definition) is 9. The van der Waals surface area contributed by atoms with Gasteiger partial charge in [-0.05, 0) is 48.0 Å². The summed E-state index contributed by atoms with van der Waals surface area (Å²) >= 11 is 2.12. The average Bonchev–Trinajstić information content (AvgIpc) is 3.64. The molecule has 190 valence electrons. The van der Waals surface area contributed by atoms with Crippen LogP contribution in [0.1, 0.15) is 56.8 Å². The van der Waals surface area contributed by atoms with Crippen molar-refractivity contribution in [1.29, 1.82) is 0 Å². The lowest BCUT2D eigenvalue weighted by atomic mass is 10.1. The van der Waals surface area contributed by atoms with Gasteiger partial charge in [0.15, 0.2) is 23.2 Å². The van der Waals surface area contributed by atoms with Crippen molar-refractivity contribution in [2.45, 2.75) is 37.8 Å². The van der Waals surface area contributed by atoms with Crippen molar-refractivity contribution in [1.82, 2.24) is 9.69 Å². The summed E-state index contributed by atoms with van der Waals surface area (Å²) < 4.78 is 14.8. The molecule has 0 radical (unpaired) electrons. The molecular formula is C24H27N5O5S2. The van der Waals surface area contributed by atoms with Crippen LogP contribution in [0.25, 0.3) is 0 Å². The zero-order valence-electron chi connectivity index (χ0n) is 19.9. The Labute approximate surface area is 216 Å². The van der Waals surface area contributed by atoms with Crippen LogP contribution in [0.3, 0.4) is 0 Å². The minimum Gasteiger partial charge on any atom is -0.493 e. The molecule has 10 nitrogen and oxygen atoms in total. The van der Waals surface area contributed by atoms with Crippen molar-refractivity contribution in [3.63, 3.8) is 0 Å². The van der Waals surface area contributed by atoms with Crippen LogP contribution in [0.5, 0.6) is 11.5 Å². The number of methoxy groups -OCH3 is 2. The first-order valence-corrected chi connectivity index (χ1v) is 12.9. The van der Waals surface area contributed by atoms with Crippen LogP contribution in [0.15, 0.2) is 35.7 Å². The summed E-state index contributed by atoms with van der Waals surface area (Å²) in [5, 5.41) is 4.96. The third-order valence-corrected chi connectivity index (χ3v) is 7.82. The lowest BCUT2D eigenvalue weighted by molar-refractivity contribution is -0.123. The molecule has 5 N–H and O–H groups in total. The predicted molar refractivity (Wildman–Crippen MR) is 139 cm³/mol. The Morgan fingerprint density at radius 3 is 2.44 bits per heavy atom. The molecule has 1 aromatic carbocycles. The largest absolute Gasteiger partial charge is 0.493 e. The number of nitrogens with two attached hydrogens (primary N) is 2. The number of primary amides is 1. The van der Waals surface area contributed by atoms with Crippen molar-refractivity contribution < 1.29 is 23.9 Å². The molecule has 1 aliphatic rings. The molecule has 0 aliphatic heterocycles. The second-order valence-electron chi connectivity index (χ2n) is 8.26. The lowest BCUT2D eigenvalue weighted by Gasteiger charge is -2.31. The van der Waals surface area contributed by atoms with Gasteiger partial charge in [0.2, 0.25) is 5.91 Å². The molecule has 2 heterocycles. The van der Waals surface area contributed by atoms with Gasteiger partial charge in [0.25, 0.3) is 11.8 Å². The quantitative estimate of drug-likeness (QED) is 0.385. The molecule has 0 spiro atoms. The van der Waals surface area contributed by atoms with Gasteiger partial charge in [0.05, 0.1) is 19.9 Å². The molecule has 0 bridgehead atoms. The van der Waals surface area contributed by atoms with E-state index in [0.717, 1.165) is 37.2 Å². The van der Waals surface area contributed by atoms with Crippen LogP contribution in [-0.4, -0.2) is 42.4 Å². The summed E-state index contributed by atoms with van der Waals surface area (Å²) in [7, 11) is 2.99. The Hall–Kier alpha value is -3.64. The number of anilines is 2. The highest BCUT2D eigenvalue weighted by atomic mass is 32.1. The van der Waals surface area contributed by atoms with E-state index < -0.39 is 17.9 Å². The molecule has 1 fully saturated rings. The van der Waals surface area contributed by atoms with E-state index in [-0.39, 0.29) is 28.2 Å². The summed E-state index contributed by atoms with van der Waals surface area (Å²) in [5.74, 6) is -0.904. The maximum absolute atomic E-state index is 14.1. The molecule has 0 saturated heterocycles. The molecule has 0 unspecified atom stereocenters. The first-order chi connectivity index (χ1) is 17.3. The van der Waals surface area contributed by atoms with E-state index >= 15 is 0 Å². The molecule has 3 amide bonds. The number of nitrogens with one attached hydrogen (secondary N) is 1. The van der Waals surface area contributed by atoms with Crippen LogP contribution < -0.4 is 31.2 Å². The van der Waals surface area contributed by atoms with Crippen LogP contribution in [0, 0.1) is 0 Å². The highest BCUT2D eigenvalue weighted by Crippen LogP contribution is 2.39. The summed E-state index contributed by atoms with van der Waals surface area (Å²) in [5.41, 5.74) is 11.6. The topological polar surface area (TPSA) is 150 Å². The fourth-order valence-electron chi connectivity index (χ4n) is 4.27. The van der Waals surface area contributed by atoms with E-state index in [4.69, 9.17) is 20.9 Å². The predicted octanol–water partition coefficient (Wildman–Crippen LogP) is 3.35. The van der Waals surface area contributed by atoms with E-state index in [1.54, 1.807) is 24.3 Å². The van der Waals surface area contributed by atoms with E-state index in [0.29, 0.717) is 22.1 Å². The summed E-state index contributed by atoms with van der Waals surface area (Å²) in [6, 6.07) is 7.59. The fraction of sp³-hybridized carbons (Fsp3) is 0.333. The van der Waals surface area contributed by atoms with Gasteiger partial charge in [-0.2, -0.15) is 4.37 Å². The zero-order chi connectivity index (χ0) is 25.8. The Bertz CT molecular complexity index is 1250. The lowest BCUT2D eigenvalue weighted by Crippen LogP contribution is -2.46. The van der Waals surface area contributed by atoms with Crippen molar-refractivity contribution in [3.8, 4) is 11.5 Å². The monoisotopic (exact) mass is 529 g/mol. The van der Waals surface area contributed by atoms with Crippen LogP contribution in [0.4, 0.5) is 11.4 Å². The fourth-order valence-corrected chi connectivity index (χ4v) is 5.82. The van der Waals surface area contributed by atoms with Gasteiger partial charge in [0.1, 0.15) is 4.88 Å². The Morgan fingerprint density at radius 2 is 1.86 bits per heavy atom. The van der Waals surface area contributed by atoms with Gasteiger partial charge >= 0.3 is 0 Å². The minimum absolute atomic E-state index is 0.00815. The van der Waals surface area contributed by atoms with Gasteiger partial charge in [-0.3, -0.25) is 19.3 Å². The average molecular weight is 530 g/mol. The normalized spacial score (nSPS) is 14.3. The first kappa shape index (κ1) is 25.5. The zero-order valence-corrected chi connectivity index (χ0v) is 21.5. The summed E-state index contributed by atoms with van der Waals surface area (Å²) in [4.78, 5) is 41.6. The molecule has 2 aromatic heterocycles. The molecule has 4 rings (SSSR count). The Morgan fingerprint density at radius 1 is 1.14 bits per heavy atom.